The quantitative estimate of drug-likeness (QED) is 0.0320. The molecule has 0 radical (unpaired) electrons. The summed E-state index contributed by atoms with van der Waals surface area (Å²) in [6.07, 6.45) is 12.7. The first kappa shape index (κ1) is 57.3. The van der Waals surface area contributed by atoms with Crippen LogP contribution in [-0.4, -0.2) is 127 Å². The molecule has 17 heteroatoms. The third kappa shape index (κ3) is 36.7. The van der Waals surface area contributed by atoms with E-state index < -0.39 is 67.1 Å². The van der Waals surface area contributed by atoms with Gasteiger partial charge in [-0.15, -0.1) is 0 Å². The molecular weight excluding hydrogens is 798 g/mol. The number of carbonyl (C=O) groups is 7. The lowest BCUT2D eigenvalue weighted by Crippen LogP contribution is -2.58. The summed E-state index contributed by atoms with van der Waals surface area (Å²) in [5.74, 6) is -4.72. The molecule has 0 aliphatic heterocycles. The van der Waals surface area contributed by atoms with Gasteiger partial charge in [0.2, 0.25) is 11.6 Å². The summed E-state index contributed by atoms with van der Waals surface area (Å²) in [6, 6.07) is 0. The van der Waals surface area contributed by atoms with E-state index >= 15 is 0 Å². The Morgan fingerprint density at radius 2 is 0.738 bits per heavy atom. The first-order chi connectivity index (χ1) is 29.5. The summed E-state index contributed by atoms with van der Waals surface area (Å²) in [7, 11) is 0. The lowest BCUT2D eigenvalue weighted by atomic mass is 10.0. The number of ketones is 1. The van der Waals surface area contributed by atoms with Crippen LogP contribution in [0.1, 0.15) is 156 Å². The zero-order valence-corrected chi connectivity index (χ0v) is 37.7. The first-order valence-electron chi connectivity index (χ1n) is 22.5. The Morgan fingerprint density at radius 3 is 1.11 bits per heavy atom. The Kier molecular flexibility index (Phi) is 38.0. The molecule has 0 bridgehead atoms. The van der Waals surface area contributed by atoms with Gasteiger partial charge in [0.15, 0.2) is 5.78 Å². The molecule has 0 saturated heterocycles. The second-order valence-corrected chi connectivity index (χ2v) is 14.4. The number of carbonyl (C=O) groups excluding carboxylic acids is 7. The van der Waals surface area contributed by atoms with E-state index in [0.717, 1.165) is 25.7 Å². The van der Waals surface area contributed by atoms with Crippen molar-refractivity contribution in [1.82, 2.24) is 5.32 Å². The van der Waals surface area contributed by atoms with Crippen molar-refractivity contribution in [3.8, 4) is 0 Å². The predicted octanol–water partition coefficient (Wildman–Crippen LogP) is 6.03. The van der Waals surface area contributed by atoms with Crippen molar-refractivity contribution in [1.29, 1.82) is 0 Å². The van der Waals surface area contributed by atoms with E-state index in [2.05, 4.69) is 12.2 Å². The van der Waals surface area contributed by atoms with Crippen molar-refractivity contribution in [3.05, 3.63) is 0 Å². The number of rotatable bonds is 43. The SMILES string of the molecule is CCCCCCCCCCCCCCCC(=O)NC(COC(=O)CCC(=O)OCCOCC)(COC(=O)CCC(=O)OCCOCC)OCC(=O)CCC(=O)OCCOCC. The maximum absolute atomic E-state index is 13.4. The van der Waals surface area contributed by atoms with Gasteiger partial charge in [-0.05, 0) is 27.2 Å². The van der Waals surface area contributed by atoms with Gasteiger partial charge in [-0.25, -0.2) is 0 Å². The zero-order chi connectivity index (χ0) is 45.2. The van der Waals surface area contributed by atoms with Crippen LogP contribution >= 0.6 is 0 Å². The number of Topliss-reactive ketones (excluding diaryl/α,β-unsaturated/α-hetero) is 1. The molecule has 0 saturated carbocycles. The molecule has 0 aliphatic rings. The van der Waals surface area contributed by atoms with Crippen molar-refractivity contribution in [2.45, 2.75) is 162 Å². The molecule has 354 valence electrons. The molecule has 0 rings (SSSR count). The predicted molar refractivity (Wildman–Crippen MR) is 224 cm³/mol. The molecule has 1 N–H and O–H groups in total. The molecule has 0 unspecified atom stereocenters. The van der Waals surface area contributed by atoms with Crippen LogP contribution in [0.2, 0.25) is 0 Å². The standard InChI is InChI=1S/C44H77NO16/c1-5-9-10-11-12-13-14-15-16-17-18-19-20-21-38(47)45-44(35-59-42(51)26-24-40(49)57-32-29-54-7-3,36-60-43(52)27-25-41(50)58-33-30-55-8-4)61-34-37(46)22-23-39(48)56-31-28-53-6-2/h5-36H2,1-4H3,(H,45,47). The molecule has 0 aliphatic carbocycles. The number of hydrogen-bond acceptors (Lipinski definition) is 16. The van der Waals surface area contributed by atoms with E-state index in [1.807, 2.05) is 0 Å². The Hall–Kier alpha value is -3.67. The van der Waals surface area contributed by atoms with Gasteiger partial charge in [-0.2, -0.15) is 0 Å². The minimum atomic E-state index is -2.05. The van der Waals surface area contributed by atoms with E-state index in [9.17, 15) is 33.6 Å². The maximum atomic E-state index is 13.4. The van der Waals surface area contributed by atoms with Crippen molar-refractivity contribution in [2.75, 3.05) is 79.3 Å². The van der Waals surface area contributed by atoms with Gasteiger partial charge in [0, 0.05) is 32.7 Å². The molecule has 0 atom stereocenters. The fraction of sp³-hybridized carbons (Fsp3) is 0.841. The molecular formula is C44H77NO16. The summed E-state index contributed by atoms with van der Waals surface area (Å²) < 4.78 is 47.3. The first-order valence-corrected chi connectivity index (χ1v) is 22.5. The number of amides is 1. The molecule has 0 aromatic heterocycles. The van der Waals surface area contributed by atoms with E-state index in [-0.39, 0.29) is 84.6 Å². The molecule has 0 fully saturated rings. The molecule has 0 aromatic carbocycles. The molecule has 0 aromatic rings. The van der Waals surface area contributed by atoms with Gasteiger partial charge in [-0.1, -0.05) is 84.0 Å². The molecule has 0 heterocycles. The fourth-order valence-corrected chi connectivity index (χ4v) is 5.62. The van der Waals surface area contributed by atoms with E-state index in [0.29, 0.717) is 26.2 Å². The average Bonchev–Trinajstić information content (AvgIpc) is 3.25. The number of nitrogens with one attached hydrogen (secondary N) is 1. The highest BCUT2D eigenvalue weighted by molar-refractivity contribution is 5.84. The van der Waals surface area contributed by atoms with Crippen LogP contribution in [0.3, 0.4) is 0 Å². The van der Waals surface area contributed by atoms with Crippen molar-refractivity contribution in [3.63, 3.8) is 0 Å². The summed E-state index contributed by atoms with van der Waals surface area (Å²) in [6.45, 7) is 7.54. The monoisotopic (exact) mass is 876 g/mol. The second-order valence-electron chi connectivity index (χ2n) is 14.4. The van der Waals surface area contributed by atoms with Crippen LogP contribution in [-0.2, 0) is 76.2 Å². The smallest absolute Gasteiger partial charge is 0.306 e. The number of unbranched alkanes of at least 4 members (excludes halogenated alkanes) is 12. The van der Waals surface area contributed by atoms with Crippen LogP contribution in [0.15, 0.2) is 0 Å². The van der Waals surface area contributed by atoms with Crippen LogP contribution in [0.5, 0.6) is 0 Å². The molecule has 61 heavy (non-hydrogen) atoms. The minimum absolute atomic E-state index is 0.0132. The summed E-state index contributed by atoms with van der Waals surface area (Å²) >= 11 is 0. The third-order valence-electron chi connectivity index (χ3n) is 9.08. The van der Waals surface area contributed by atoms with Crippen LogP contribution in [0.4, 0.5) is 0 Å². The largest absolute Gasteiger partial charge is 0.463 e. The van der Waals surface area contributed by atoms with Gasteiger partial charge in [0.1, 0.15) is 39.6 Å². The highest BCUT2D eigenvalue weighted by Crippen LogP contribution is 2.16. The molecule has 0 spiro atoms. The Balaban J connectivity index is 5.67. The Morgan fingerprint density at radius 1 is 0.393 bits per heavy atom. The lowest BCUT2D eigenvalue weighted by molar-refractivity contribution is -0.184. The number of esters is 5. The van der Waals surface area contributed by atoms with Gasteiger partial charge >= 0.3 is 29.8 Å². The van der Waals surface area contributed by atoms with Gasteiger partial charge in [0.25, 0.3) is 0 Å². The van der Waals surface area contributed by atoms with Crippen LogP contribution in [0.25, 0.3) is 0 Å². The van der Waals surface area contributed by atoms with E-state index in [1.54, 1.807) is 20.8 Å². The third-order valence-corrected chi connectivity index (χ3v) is 9.08. The topological polar surface area (TPSA) is 215 Å². The summed E-state index contributed by atoms with van der Waals surface area (Å²) in [5.41, 5.74) is -2.05. The highest BCUT2D eigenvalue weighted by atomic mass is 16.6. The zero-order valence-electron chi connectivity index (χ0n) is 37.7. The molecule has 17 nitrogen and oxygen atoms in total. The van der Waals surface area contributed by atoms with Crippen molar-refractivity contribution < 1.29 is 76.2 Å². The van der Waals surface area contributed by atoms with Crippen molar-refractivity contribution in [2.24, 2.45) is 0 Å². The highest BCUT2D eigenvalue weighted by Gasteiger charge is 2.38. The number of ether oxygens (including phenoxy) is 9. The van der Waals surface area contributed by atoms with Crippen LogP contribution < -0.4 is 5.32 Å². The maximum Gasteiger partial charge on any atom is 0.306 e. The van der Waals surface area contributed by atoms with Crippen molar-refractivity contribution >= 4 is 41.5 Å². The summed E-state index contributed by atoms with van der Waals surface area (Å²) in [5, 5.41) is 2.67. The molecule has 1 amide bonds. The Labute approximate surface area is 363 Å². The normalized spacial score (nSPS) is 11.1. The van der Waals surface area contributed by atoms with Gasteiger partial charge in [-0.3, -0.25) is 33.6 Å². The van der Waals surface area contributed by atoms with Gasteiger partial charge in [0.05, 0.1) is 51.9 Å². The number of hydrogen-bond donors (Lipinski definition) is 1. The Bertz CT molecular complexity index is 1090. The second kappa shape index (κ2) is 40.4. The van der Waals surface area contributed by atoms with E-state index in [1.165, 1.54) is 51.4 Å². The van der Waals surface area contributed by atoms with E-state index in [4.69, 9.17) is 42.6 Å². The van der Waals surface area contributed by atoms with Crippen LogP contribution in [0, 0.1) is 0 Å². The minimum Gasteiger partial charge on any atom is -0.463 e. The average molecular weight is 876 g/mol. The van der Waals surface area contributed by atoms with Gasteiger partial charge < -0.3 is 47.9 Å². The summed E-state index contributed by atoms with van der Waals surface area (Å²) in [4.78, 5) is 88.4. The fourth-order valence-electron chi connectivity index (χ4n) is 5.62. The lowest BCUT2D eigenvalue weighted by Gasteiger charge is -2.33.